The summed E-state index contributed by atoms with van der Waals surface area (Å²) in [5, 5.41) is 8.87. The van der Waals surface area contributed by atoms with Crippen molar-refractivity contribution in [2.75, 3.05) is 6.61 Å². The number of aliphatic carboxylic acids is 1. The van der Waals surface area contributed by atoms with E-state index in [-0.39, 0.29) is 12.0 Å². The Bertz CT molecular complexity index is 190. The molecule has 1 N–H and O–H groups in total. The Kier molecular flexibility index (Phi) is 2.05. The van der Waals surface area contributed by atoms with Crippen LogP contribution in [-0.4, -0.2) is 23.8 Å². The molecular formula is C9H14O3. The fraction of sp³-hybridized carbons (Fsp3) is 0.889. The van der Waals surface area contributed by atoms with Crippen LogP contribution in [0.25, 0.3) is 0 Å². The first-order valence-electron chi connectivity index (χ1n) is 4.63. The van der Waals surface area contributed by atoms with Crippen molar-refractivity contribution in [1.29, 1.82) is 0 Å². The summed E-state index contributed by atoms with van der Waals surface area (Å²) in [6.07, 6.45) is 4.73. The molecule has 1 heterocycles. The Labute approximate surface area is 71.7 Å². The number of hydrogen-bond acceptors (Lipinski definition) is 2. The summed E-state index contributed by atoms with van der Waals surface area (Å²) in [6, 6.07) is 0. The first-order chi connectivity index (χ1) is 5.79. The molecule has 0 bridgehead atoms. The van der Waals surface area contributed by atoms with E-state index >= 15 is 0 Å². The lowest BCUT2D eigenvalue weighted by molar-refractivity contribution is -0.142. The van der Waals surface area contributed by atoms with E-state index in [0.29, 0.717) is 12.5 Å². The van der Waals surface area contributed by atoms with Gasteiger partial charge in [0.05, 0.1) is 18.6 Å². The summed E-state index contributed by atoms with van der Waals surface area (Å²) < 4.78 is 5.45. The molecule has 3 nitrogen and oxygen atoms in total. The van der Waals surface area contributed by atoms with E-state index < -0.39 is 5.97 Å². The minimum atomic E-state index is -0.676. The molecule has 0 aromatic rings. The third-order valence-electron chi connectivity index (χ3n) is 3.08. The molecule has 68 valence electrons. The molecule has 0 amide bonds. The van der Waals surface area contributed by atoms with Gasteiger partial charge in [-0.1, -0.05) is 12.8 Å². The molecule has 0 aromatic carbocycles. The lowest BCUT2D eigenvalue weighted by atomic mass is 9.80. The lowest BCUT2D eigenvalue weighted by Crippen LogP contribution is -2.28. The van der Waals surface area contributed by atoms with Crippen molar-refractivity contribution in [2.45, 2.75) is 31.8 Å². The Morgan fingerprint density at radius 1 is 1.33 bits per heavy atom. The summed E-state index contributed by atoms with van der Waals surface area (Å²) in [5.74, 6) is -0.601. The molecule has 2 fully saturated rings. The summed E-state index contributed by atoms with van der Waals surface area (Å²) >= 11 is 0. The van der Waals surface area contributed by atoms with Crippen molar-refractivity contribution in [3.05, 3.63) is 0 Å². The maximum absolute atomic E-state index is 10.8. The molecule has 2 rings (SSSR count). The monoisotopic (exact) mass is 170 g/mol. The molecule has 1 saturated heterocycles. The number of hydrogen-bond donors (Lipinski definition) is 1. The second-order valence-corrected chi connectivity index (χ2v) is 3.76. The summed E-state index contributed by atoms with van der Waals surface area (Å²) in [5.41, 5.74) is 0. The van der Waals surface area contributed by atoms with Crippen LogP contribution in [0.4, 0.5) is 0 Å². The number of carboxylic acid groups (broad SMARTS) is 1. The van der Waals surface area contributed by atoms with Crippen LogP contribution in [0, 0.1) is 11.8 Å². The Morgan fingerprint density at radius 2 is 2.08 bits per heavy atom. The van der Waals surface area contributed by atoms with Gasteiger partial charge < -0.3 is 9.84 Å². The minimum absolute atomic E-state index is 0.227. The lowest BCUT2D eigenvalue weighted by Gasteiger charge is -2.25. The van der Waals surface area contributed by atoms with Gasteiger partial charge in [0, 0.05) is 5.92 Å². The van der Waals surface area contributed by atoms with Gasteiger partial charge >= 0.3 is 5.97 Å². The van der Waals surface area contributed by atoms with Gasteiger partial charge in [0.25, 0.3) is 0 Å². The van der Waals surface area contributed by atoms with Crippen molar-refractivity contribution in [1.82, 2.24) is 0 Å². The minimum Gasteiger partial charge on any atom is -0.481 e. The standard InChI is InChI=1S/C9H14O3/c10-9(11)7-5-12-8-4-2-1-3-6(7)8/h6-8H,1-5H2,(H,10,11)/t6-,7-,8-/m1/s1. The highest BCUT2D eigenvalue weighted by molar-refractivity contribution is 5.71. The van der Waals surface area contributed by atoms with Crippen LogP contribution in [-0.2, 0) is 9.53 Å². The molecule has 3 heteroatoms. The highest BCUT2D eigenvalue weighted by Crippen LogP contribution is 2.37. The molecule has 0 spiro atoms. The third-order valence-corrected chi connectivity index (χ3v) is 3.08. The van der Waals surface area contributed by atoms with Crippen LogP contribution in [0.5, 0.6) is 0 Å². The normalized spacial score (nSPS) is 40.8. The molecule has 2 aliphatic rings. The highest BCUT2D eigenvalue weighted by atomic mass is 16.5. The second kappa shape index (κ2) is 3.05. The predicted octanol–water partition coefficient (Wildman–Crippen LogP) is 1.28. The number of rotatable bonds is 1. The summed E-state index contributed by atoms with van der Waals surface area (Å²) in [6.45, 7) is 0.435. The average molecular weight is 170 g/mol. The number of carboxylic acids is 1. The zero-order valence-electron chi connectivity index (χ0n) is 7.03. The maximum Gasteiger partial charge on any atom is 0.309 e. The largest absolute Gasteiger partial charge is 0.481 e. The average Bonchev–Trinajstić information content (AvgIpc) is 2.47. The van der Waals surface area contributed by atoms with Gasteiger partial charge in [-0.05, 0) is 12.8 Å². The fourth-order valence-corrected chi connectivity index (χ4v) is 2.40. The van der Waals surface area contributed by atoms with Gasteiger partial charge in [-0.2, -0.15) is 0 Å². The fourth-order valence-electron chi connectivity index (χ4n) is 2.40. The van der Waals surface area contributed by atoms with Gasteiger partial charge in [0.1, 0.15) is 0 Å². The van der Waals surface area contributed by atoms with Gasteiger partial charge in [0.2, 0.25) is 0 Å². The van der Waals surface area contributed by atoms with Gasteiger partial charge in [-0.25, -0.2) is 0 Å². The zero-order chi connectivity index (χ0) is 8.55. The Morgan fingerprint density at radius 3 is 2.83 bits per heavy atom. The van der Waals surface area contributed by atoms with Gasteiger partial charge in [-0.15, -0.1) is 0 Å². The highest BCUT2D eigenvalue weighted by Gasteiger charge is 2.42. The summed E-state index contributed by atoms with van der Waals surface area (Å²) in [7, 11) is 0. The van der Waals surface area contributed by atoms with Crippen molar-refractivity contribution in [3.63, 3.8) is 0 Å². The summed E-state index contributed by atoms with van der Waals surface area (Å²) in [4.78, 5) is 10.8. The van der Waals surface area contributed by atoms with E-state index in [1.54, 1.807) is 0 Å². The topological polar surface area (TPSA) is 46.5 Å². The van der Waals surface area contributed by atoms with Crippen LogP contribution < -0.4 is 0 Å². The van der Waals surface area contributed by atoms with E-state index in [1.165, 1.54) is 12.8 Å². The first-order valence-corrected chi connectivity index (χ1v) is 4.63. The zero-order valence-corrected chi connectivity index (χ0v) is 7.03. The number of fused-ring (bicyclic) bond motifs is 1. The number of carbonyl (C=O) groups is 1. The molecule has 1 aliphatic carbocycles. The number of ether oxygens (including phenoxy) is 1. The van der Waals surface area contributed by atoms with E-state index in [0.717, 1.165) is 12.8 Å². The van der Waals surface area contributed by atoms with Crippen LogP contribution >= 0.6 is 0 Å². The molecule has 0 unspecified atom stereocenters. The van der Waals surface area contributed by atoms with E-state index in [2.05, 4.69) is 0 Å². The van der Waals surface area contributed by atoms with Crippen molar-refractivity contribution in [3.8, 4) is 0 Å². The van der Waals surface area contributed by atoms with Gasteiger partial charge in [-0.3, -0.25) is 4.79 Å². The molecular weight excluding hydrogens is 156 g/mol. The molecule has 1 aliphatic heterocycles. The van der Waals surface area contributed by atoms with E-state index in [9.17, 15) is 4.79 Å². The molecule has 3 atom stereocenters. The Balaban J connectivity index is 2.05. The molecule has 0 aromatic heterocycles. The van der Waals surface area contributed by atoms with Crippen LogP contribution in [0.2, 0.25) is 0 Å². The SMILES string of the molecule is O=C(O)[C@@H]1CO[C@@H]2CCCC[C@@H]21. The smallest absolute Gasteiger partial charge is 0.309 e. The quantitative estimate of drug-likeness (QED) is 0.644. The first kappa shape index (κ1) is 8.05. The van der Waals surface area contributed by atoms with Crippen molar-refractivity contribution >= 4 is 5.97 Å². The Hall–Kier alpha value is -0.570. The molecule has 0 radical (unpaired) electrons. The maximum atomic E-state index is 10.8. The van der Waals surface area contributed by atoms with Crippen molar-refractivity contribution < 1.29 is 14.6 Å². The van der Waals surface area contributed by atoms with Crippen molar-refractivity contribution in [2.24, 2.45) is 11.8 Å². The molecule has 1 saturated carbocycles. The second-order valence-electron chi connectivity index (χ2n) is 3.76. The van der Waals surface area contributed by atoms with Crippen LogP contribution in [0.1, 0.15) is 25.7 Å². The van der Waals surface area contributed by atoms with E-state index in [1.807, 2.05) is 0 Å². The third kappa shape index (κ3) is 1.22. The molecule has 12 heavy (non-hydrogen) atoms. The van der Waals surface area contributed by atoms with Gasteiger partial charge in [0.15, 0.2) is 0 Å². The van der Waals surface area contributed by atoms with E-state index in [4.69, 9.17) is 9.84 Å². The predicted molar refractivity (Wildman–Crippen MR) is 42.8 cm³/mol. The van der Waals surface area contributed by atoms with Crippen LogP contribution in [0.3, 0.4) is 0 Å². The van der Waals surface area contributed by atoms with Crippen LogP contribution in [0.15, 0.2) is 0 Å².